The number of aromatic carboxylic acids is 1. The predicted octanol–water partition coefficient (Wildman–Crippen LogP) is 0.236. The van der Waals surface area contributed by atoms with Crippen LogP contribution in [0.4, 0.5) is 0 Å². The molecule has 0 aromatic carbocycles. The molecule has 0 radical (unpaired) electrons. The number of hydrogen-bond acceptors (Lipinski definition) is 4. The largest absolute Gasteiger partial charge is 0.477 e. The standard InChI is InChI=1S/C12H11N3O4/c1-6-3-4-9(7(2)13-6)15-5-8(11(17)18)10(16)14-12(15)19/h3-5H,1-2H3,(H,17,18)(H,14,16,19). The van der Waals surface area contributed by atoms with E-state index >= 15 is 0 Å². The first-order valence-electron chi connectivity index (χ1n) is 5.44. The second kappa shape index (κ2) is 4.52. The summed E-state index contributed by atoms with van der Waals surface area (Å²) in [4.78, 5) is 40.1. The highest BCUT2D eigenvalue weighted by atomic mass is 16.4. The van der Waals surface area contributed by atoms with Gasteiger partial charge in [-0.15, -0.1) is 0 Å². The summed E-state index contributed by atoms with van der Waals surface area (Å²) in [7, 11) is 0. The lowest BCUT2D eigenvalue weighted by atomic mass is 10.2. The van der Waals surface area contributed by atoms with Crippen molar-refractivity contribution in [2.45, 2.75) is 13.8 Å². The summed E-state index contributed by atoms with van der Waals surface area (Å²) >= 11 is 0. The summed E-state index contributed by atoms with van der Waals surface area (Å²) in [6, 6.07) is 3.34. The van der Waals surface area contributed by atoms with E-state index in [1.54, 1.807) is 26.0 Å². The third-order valence-corrected chi connectivity index (χ3v) is 2.63. The lowest BCUT2D eigenvalue weighted by Crippen LogP contribution is -2.32. The second-order valence-corrected chi connectivity index (χ2v) is 4.03. The molecule has 7 heteroatoms. The Labute approximate surface area is 107 Å². The zero-order valence-corrected chi connectivity index (χ0v) is 10.3. The number of nitrogens with one attached hydrogen (secondary N) is 1. The summed E-state index contributed by atoms with van der Waals surface area (Å²) in [6.45, 7) is 3.50. The highest BCUT2D eigenvalue weighted by Gasteiger charge is 2.13. The molecule has 0 unspecified atom stereocenters. The average molecular weight is 261 g/mol. The van der Waals surface area contributed by atoms with Crippen molar-refractivity contribution < 1.29 is 9.90 Å². The maximum atomic E-state index is 11.7. The van der Waals surface area contributed by atoms with Crippen molar-refractivity contribution in [1.82, 2.24) is 14.5 Å². The molecule has 0 atom stereocenters. The maximum Gasteiger partial charge on any atom is 0.342 e. The van der Waals surface area contributed by atoms with Gasteiger partial charge in [-0.3, -0.25) is 19.3 Å². The van der Waals surface area contributed by atoms with Crippen LogP contribution in [-0.2, 0) is 0 Å². The number of carboxylic acids is 1. The third-order valence-electron chi connectivity index (χ3n) is 2.63. The molecular weight excluding hydrogens is 250 g/mol. The van der Waals surface area contributed by atoms with Gasteiger partial charge in [0.15, 0.2) is 0 Å². The fourth-order valence-corrected chi connectivity index (χ4v) is 1.74. The molecule has 7 nitrogen and oxygen atoms in total. The Bertz CT molecular complexity index is 773. The van der Waals surface area contributed by atoms with Gasteiger partial charge in [0.1, 0.15) is 5.56 Å². The first-order valence-corrected chi connectivity index (χ1v) is 5.44. The van der Waals surface area contributed by atoms with Crippen LogP contribution in [0.1, 0.15) is 21.7 Å². The van der Waals surface area contributed by atoms with Crippen molar-refractivity contribution in [3.8, 4) is 5.69 Å². The minimum absolute atomic E-state index is 0.425. The molecule has 2 rings (SSSR count). The van der Waals surface area contributed by atoms with Crippen LogP contribution in [0.2, 0.25) is 0 Å². The van der Waals surface area contributed by atoms with Gasteiger partial charge in [0.2, 0.25) is 0 Å². The molecule has 2 N–H and O–H groups in total. The molecule has 2 aromatic rings. The Morgan fingerprint density at radius 2 is 2.00 bits per heavy atom. The van der Waals surface area contributed by atoms with Crippen LogP contribution < -0.4 is 11.2 Å². The molecule has 0 saturated carbocycles. The van der Waals surface area contributed by atoms with Crippen molar-refractivity contribution in [3.05, 3.63) is 56.1 Å². The SMILES string of the molecule is Cc1ccc(-n2cc(C(=O)O)c(=O)[nH]c2=O)c(C)n1. The number of carboxylic acid groups (broad SMARTS) is 1. The number of pyridine rings is 1. The zero-order valence-electron chi connectivity index (χ0n) is 10.3. The summed E-state index contributed by atoms with van der Waals surface area (Å²) < 4.78 is 1.06. The minimum Gasteiger partial charge on any atom is -0.477 e. The molecule has 0 fully saturated rings. The van der Waals surface area contributed by atoms with E-state index in [1.165, 1.54) is 0 Å². The molecule has 2 aromatic heterocycles. The number of H-pyrrole nitrogens is 1. The number of nitrogens with zero attached hydrogens (tertiary/aromatic N) is 2. The van der Waals surface area contributed by atoms with E-state index in [0.29, 0.717) is 11.4 Å². The average Bonchev–Trinajstić information content (AvgIpc) is 2.30. The summed E-state index contributed by atoms with van der Waals surface area (Å²) in [5, 5.41) is 8.89. The molecule has 0 spiro atoms. The summed E-state index contributed by atoms with van der Waals surface area (Å²) in [5.74, 6) is -1.40. The second-order valence-electron chi connectivity index (χ2n) is 4.03. The van der Waals surface area contributed by atoms with Crippen LogP contribution in [0.25, 0.3) is 5.69 Å². The molecule has 0 saturated heterocycles. The van der Waals surface area contributed by atoms with E-state index in [-0.39, 0.29) is 0 Å². The monoisotopic (exact) mass is 261 g/mol. The van der Waals surface area contributed by atoms with Gasteiger partial charge >= 0.3 is 11.7 Å². The van der Waals surface area contributed by atoms with Crippen LogP contribution >= 0.6 is 0 Å². The summed E-state index contributed by atoms with van der Waals surface area (Å²) in [5.41, 5.74) is -0.369. The maximum absolute atomic E-state index is 11.7. The van der Waals surface area contributed by atoms with Crippen LogP contribution in [0.15, 0.2) is 27.9 Å². The van der Waals surface area contributed by atoms with Crippen LogP contribution in [-0.4, -0.2) is 25.6 Å². The van der Waals surface area contributed by atoms with Crippen molar-refractivity contribution in [3.63, 3.8) is 0 Å². The van der Waals surface area contributed by atoms with E-state index in [2.05, 4.69) is 4.98 Å². The van der Waals surface area contributed by atoms with Gasteiger partial charge in [0.05, 0.1) is 11.4 Å². The number of rotatable bonds is 2. The van der Waals surface area contributed by atoms with E-state index in [0.717, 1.165) is 16.5 Å². The Morgan fingerprint density at radius 1 is 1.32 bits per heavy atom. The van der Waals surface area contributed by atoms with Crippen LogP contribution in [0, 0.1) is 13.8 Å². The van der Waals surface area contributed by atoms with Crippen molar-refractivity contribution in [2.24, 2.45) is 0 Å². The van der Waals surface area contributed by atoms with E-state index in [1.807, 2.05) is 4.98 Å². The van der Waals surface area contributed by atoms with E-state index in [9.17, 15) is 14.4 Å². The Hall–Kier alpha value is -2.70. The van der Waals surface area contributed by atoms with E-state index < -0.39 is 22.8 Å². The van der Waals surface area contributed by atoms with Gasteiger partial charge in [-0.05, 0) is 26.0 Å². The van der Waals surface area contributed by atoms with Gasteiger partial charge in [-0.25, -0.2) is 9.59 Å². The fraction of sp³-hybridized carbons (Fsp3) is 0.167. The Kier molecular flexibility index (Phi) is 3.04. The third kappa shape index (κ3) is 2.30. The smallest absolute Gasteiger partial charge is 0.342 e. The van der Waals surface area contributed by atoms with Gasteiger partial charge in [-0.2, -0.15) is 0 Å². The van der Waals surface area contributed by atoms with Gasteiger partial charge < -0.3 is 5.11 Å². The molecule has 0 bridgehead atoms. The van der Waals surface area contributed by atoms with Crippen LogP contribution in [0.5, 0.6) is 0 Å². The first-order chi connectivity index (χ1) is 8.90. The molecule has 0 amide bonds. The van der Waals surface area contributed by atoms with E-state index in [4.69, 9.17) is 5.11 Å². The number of aromatic nitrogens is 3. The lowest BCUT2D eigenvalue weighted by molar-refractivity contribution is 0.0694. The van der Waals surface area contributed by atoms with Gasteiger partial charge in [-0.1, -0.05) is 0 Å². The number of aromatic amines is 1. The molecule has 0 aliphatic heterocycles. The number of aryl methyl sites for hydroxylation is 2. The minimum atomic E-state index is -1.40. The number of carbonyl (C=O) groups is 1. The quantitative estimate of drug-likeness (QED) is 0.805. The number of hydrogen-bond donors (Lipinski definition) is 2. The normalized spacial score (nSPS) is 10.4. The lowest BCUT2D eigenvalue weighted by Gasteiger charge is -2.09. The highest BCUT2D eigenvalue weighted by Crippen LogP contribution is 2.10. The Balaban J connectivity index is 2.75. The molecular formula is C12H11N3O4. The van der Waals surface area contributed by atoms with Crippen molar-refractivity contribution >= 4 is 5.97 Å². The fourth-order valence-electron chi connectivity index (χ4n) is 1.74. The van der Waals surface area contributed by atoms with Crippen LogP contribution in [0.3, 0.4) is 0 Å². The first kappa shape index (κ1) is 12.7. The topological polar surface area (TPSA) is 105 Å². The zero-order chi connectivity index (χ0) is 14.2. The van der Waals surface area contributed by atoms with Crippen molar-refractivity contribution in [2.75, 3.05) is 0 Å². The molecule has 19 heavy (non-hydrogen) atoms. The molecule has 98 valence electrons. The molecule has 0 aliphatic rings. The van der Waals surface area contributed by atoms with Gasteiger partial charge in [0.25, 0.3) is 5.56 Å². The summed E-state index contributed by atoms with van der Waals surface area (Å²) in [6.07, 6.45) is 1.00. The predicted molar refractivity (Wildman–Crippen MR) is 66.9 cm³/mol. The highest BCUT2D eigenvalue weighted by molar-refractivity contribution is 5.86. The molecule has 2 heterocycles. The van der Waals surface area contributed by atoms with Gasteiger partial charge in [0, 0.05) is 11.9 Å². The van der Waals surface area contributed by atoms with Crippen molar-refractivity contribution in [1.29, 1.82) is 0 Å². The molecule has 0 aliphatic carbocycles. The Morgan fingerprint density at radius 3 is 2.58 bits per heavy atom.